The number of fused-ring (bicyclic) bond motifs is 1. The second-order valence-electron chi connectivity index (χ2n) is 12.2. The highest BCUT2D eigenvalue weighted by Crippen LogP contribution is 2.31. The number of amides is 1. The molecule has 1 fully saturated rings. The van der Waals surface area contributed by atoms with Gasteiger partial charge in [-0.05, 0) is 104 Å². The van der Waals surface area contributed by atoms with Gasteiger partial charge in [0.1, 0.15) is 5.75 Å². The van der Waals surface area contributed by atoms with Gasteiger partial charge in [0, 0.05) is 36.3 Å². The lowest BCUT2D eigenvalue weighted by atomic mass is 9.93. The topological polar surface area (TPSA) is 53.6 Å². The number of benzene rings is 4. The van der Waals surface area contributed by atoms with Crippen molar-refractivity contribution in [2.45, 2.75) is 45.7 Å². The number of anilines is 1. The van der Waals surface area contributed by atoms with E-state index in [9.17, 15) is 4.79 Å². The lowest BCUT2D eigenvalue weighted by Gasteiger charge is -2.32. The number of hydrogen-bond acceptors (Lipinski definition) is 4. The van der Waals surface area contributed by atoms with Crippen LogP contribution in [-0.4, -0.2) is 37.0 Å². The van der Waals surface area contributed by atoms with E-state index in [4.69, 9.17) is 4.74 Å². The molecule has 0 saturated carbocycles. The second kappa shape index (κ2) is 14.5. The summed E-state index contributed by atoms with van der Waals surface area (Å²) in [6.45, 7) is 7.89. The summed E-state index contributed by atoms with van der Waals surface area (Å²) in [6.07, 6.45) is 6.33. The number of likely N-dealkylation sites (tertiary alicyclic amines) is 1. The van der Waals surface area contributed by atoms with Crippen LogP contribution in [-0.2, 0) is 17.9 Å². The number of hydrogen-bond donors (Lipinski definition) is 2. The zero-order chi connectivity index (χ0) is 30.1. The van der Waals surface area contributed by atoms with Crippen LogP contribution in [0.2, 0.25) is 0 Å². The second-order valence-corrected chi connectivity index (χ2v) is 12.2. The molecule has 5 nitrogen and oxygen atoms in total. The third-order valence-electron chi connectivity index (χ3n) is 8.87. The van der Waals surface area contributed by atoms with Gasteiger partial charge in [-0.15, -0.1) is 0 Å². The van der Waals surface area contributed by atoms with Crippen molar-refractivity contribution >= 4 is 17.7 Å². The Morgan fingerprint density at radius 2 is 1.61 bits per heavy atom. The van der Waals surface area contributed by atoms with Gasteiger partial charge in [-0.1, -0.05) is 78.4 Å². The zero-order valence-corrected chi connectivity index (χ0v) is 25.7. The van der Waals surface area contributed by atoms with E-state index >= 15 is 0 Å². The molecule has 6 rings (SSSR count). The fourth-order valence-corrected chi connectivity index (χ4v) is 6.16. The van der Waals surface area contributed by atoms with Gasteiger partial charge in [-0.3, -0.25) is 9.69 Å². The van der Waals surface area contributed by atoms with Crippen molar-refractivity contribution in [3.05, 3.63) is 125 Å². The third-order valence-corrected chi connectivity index (χ3v) is 8.87. The first kappa shape index (κ1) is 29.9. The van der Waals surface area contributed by atoms with Crippen molar-refractivity contribution in [1.29, 1.82) is 0 Å². The predicted molar refractivity (Wildman–Crippen MR) is 181 cm³/mol. The maximum absolute atomic E-state index is 13.2. The molecule has 4 aromatic rings. The summed E-state index contributed by atoms with van der Waals surface area (Å²) < 4.78 is 5.98. The molecule has 0 bridgehead atoms. The molecule has 0 aliphatic carbocycles. The van der Waals surface area contributed by atoms with Gasteiger partial charge in [0.05, 0.1) is 6.61 Å². The minimum Gasteiger partial charge on any atom is -0.493 e. The van der Waals surface area contributed by atoms with E-state index in [1.165, 1.54) is 49.0 Å². The number of carbonyl (C=O) groups is 1. The molecule has 2 aliphatic heterocycles. The standard InChI is InChI=1S/C39H43N3O2/c1-29-7-11-33(12-8-29)34-13-16-38-36(25-34)26-35(20-24-44-38)39(43)41-37-14-9-31(10-15-37)27-40-21-17-30-18-22-42(23-19-30)28-32-5-3-2-4-6-32/h2-16,25-26,30,40H,17-24,27-28H2,1H3,(H,41,43). The lowest BCUT2D eigenvalue weighted by Crippen LogP contribution is -2.34. The first-order valence-electron chi connectivity index (χ1n) is 16.0. The number of nitrogens with one attached hydrogen (secondary N) is 2. The fraction of sp³-hybridized carbons (Fsp3) is 0.308. The van der Waals surface area contributed by atoms with Crippen molar-refractivity contribution in [2.75, 3.05) is 31.6 Å². The Morgan fingerprint density at radius 1 is 0.864 bits per heavy atom. The molecule has 0 radical (unpaired) electrons. The molecule has 2 N–H and O–H groups in total. The van der Waals surface area contributed by atoms with E-state index < -0.39 is 0 Å². The molecule has 226 valence electrons. The van der Waals surface area contributed by atoms with Gasteiger partial charge < -0.3 is 15.4 Å². The lowest BCUT2D eigenvalue weighted by molar-refractivity contribution is -0.113. The average molecular weight is 586 g/mol. The van der Waals surface area contributed by atoms with E-state index in [-0.39, 0.29) is 5.91 Å². The highest BCUT2D eigenvalue weighted by molar-refractivity contribution is 6.07. The molecular formula is C39H43N3O2. The Morgan fingerprint density at radius 3 is 2.39 bits per heavy atom. The van der Waals surface area contributed by atoms with Gasteiger partial charge in [0.25, 0.3) is 5.91 Å². The molecule has 2 heterocycles. The molecule has 5 heteroatoms. The predicted octanol–water partition coefficient (Wildman–Crippen LogP) is 7.86. The van der Waals surface area contributed by atoms with Crippen LogP contribution in [0.15, 0.2) is 103 Å². The van der Waals surface area contributed by atoms with Crippen LogP contribution in [0.3, 0.4) is 0 Å². The Bertz CT molecular complexity index is 1550. The minimum absolute atomic E-state index is 0.0807. The first-order chi connectivity index (χ1) is 21.6. The maximum atomic E-state index is 13.2. The summed E-state index contributed by atoms with van der Waals surface area (Å²) in [6, 6.07) is 33.7. The van der Waals surface area contributed by atoms with Crippen LogP contribution >= 0.6 is 0 Å². The van der Waals surface area contributed by atoms with Crippen LogP contribution in [0.4, 0.5) is 5.69 Å². The molecule has 2 aliphatic rings. The number of ether oxygens (including phenoxy) is 1. The van der Waals surface area contributed by atoms with Gasteiger partial charge in [-0.25, -0.2) is 0 Å². The smallest absolute Gasteiger partial charge is 0.251 e. The Kier molecular flexibility index (Phi) is 9.86. The van der Waals surface area contributed by atoms with E-state index in [0.717, 1.165) is 59.3 Å². The summed E-state index contributed by atoms with van der Waals surface area (Å²) in [7, 11) is 0. The minimum atomic E-state index is -0.0807. The van der Waals surface area contributed by atoms with Crippen LogP contribution in [0.5, 0.6) is 5.75 Å². The van der Waals surface area contributed by atoms with Crippen LogP contribution in [0.25, 0.3) is 17.2 Å². The van der Waals surface area contributed by atoms with Crippen LogP contribution in [0.1, 0.15) is 47.9 Å². The van der Waals surface area contributed by atoms with Crippen molar-refractivity contribution < 1.29 is 9.53 Å². The van der Waals surface area contributed by atoms with Crippen molar-refractivity contribution in [3.63, 3.8) is 0 Å². The Balaban J connectivity index is 0.956. The number of aryl methyl sites for hydroxylation is 1. The van der Waals surface area contributed by atoms with E-state index in [0.29, 0.717) is 13.0 Å². The first-order valence-corrected chi connectivity index (χ1v) is 16.0. The zero-order valence-electron chi connectivity index (χ0n) is 25.7. The van der Waals surface area contributed by atoms with E-state index in [2.05, 4.69) is 101 Å². The summed E-state index contributed by atoms with van der Waals surface area (Å²) in [5.74, 6) is 1.54. The molecule has 0 aromatic heterocycles. The summed E-state index contributed by atoms with van der Waals surface area (Å²) in [4.78, 5) is 15.8. The summed E-state index contributed by atoms with van der Waals surface area (Å²) >= 11 is 0. The molecule has 1 saturated heterocycles. The van der Waals surface area contributed by atoms with Crippen molar-refractivity contribution in [3.8, 4) is 16.9 Å². The molecule has 0 unspecified atom stereocenters. The Labute approximate surface area is 262 Å². The summed E-state index contributed by atoms with van der Waals surface area (Å²) in [5.41, 5.74) is 8.59. The van der Waals surface area contributed by atoms with Gasteiger partial charge in [0.2, 0.25) is 0 Å². The average Bonchev–Trinajstić information content (AvgIpc) is 3.28. The highest BCUT2D eigenvalue weighted by atomic mass is 16.5. The molecule has 0 spiro atoms. The van der Waals surface area contributed by atoms with Gasteiger partial charge in [-0.2, -0.15) is 0 Å². The molecule has 4 aromatic carbocycles. The van der Waals surface area contributed by atoms with E-state index in [1.54, 1.807) is 0 Å². The molecular weight excluding hydrogens is 542 g/mol. The van der Waals surface area contributed by atoms with Gasteiger partial charge in [0.15, 0.2) is 0 Å². The number of rotatable bonds is 10. The maximum Gasteiger partial charge on any atom is 0.251 e. The quantitative estimate of drug-likeness (QED) is 0.186. The monoisotopic (exact) mass is 585 g/mol. The van der Waals surface area contributed by atoms with Crippen LogP contribution < -0.4 is 15.4 Å². The number of nitrogens with zero attached hydrogens (tertiary/aromatic N) is 1. The van der Waals surface area contributed by atoms with Crippen LogP contribution in [0, 0.1) is 12.8 Å². The molecule has 44 heavy (non-hydrogen) atoms. The van der Waals surface area contributed by atoms with Crippen molar-refractivity contribution in [1.82, 2.24) is 10.2 Å². The van der Waals surface area contributed by atoms with E-state index in [1.807, 2.05) is 24.3 Å². The largest absolute Gasteiger partial charge is 0.493 e. The number of carbonyl (C=O) groups excluding carboxylic acids is 1. The normalized spacial score (nSPS) is 15.5. The molecule has 1 amide bonds. The molecule has 0 atom stereocenters. The Hall–Kier alpha value is -4.19. The third kappa shape index (κ3) is 8.04. The SMILES string of the molecule is Cc1ccc(-c2ccc3c(c2)C=C(C(=O)Nc2ccc(CNCCC4CCN(Cc5ccccc5)CC4)cc2)CCO3)cc1. The summed E-state index contributed by atoms with van der Waals surface area (Å²) in [5, 5.41) is 6.72. The van der Waals surface area contributed by atoms with Gasteiger partial charge >= 0.3 is 0 Å². The van der Waals surface area contributed by atoms with Crippen molar-refractivity contribution in [2.24, 2.45) is 5.92 Å². The number of piperidine rings is 1. The fourth-order valence-electron chi connectivity index (χ4n) is 6.16. The highest BCUT2D eigenvalue weighted by Gasteiger charge is 2.19.